The molecule has 1 N–H and O–H groups in total. The minimum atomic E-state index is -0.401. The van der Waals surface area contributed by atoms with Gasteiger partial charge in [-0.1, -0.05) is 32.9 Å². The molecule has 2 rings (SSSR count). The molecule has 26 heavy (non-hydrogen) atoms. The van der Waals surface area contributed by atoms with E-state index in [-0.39, 0.29) is 11.8 Å². The van der Waals surface area contributed by atoms with Crippen LogP contribution >= 0.6 is 0 Å². The van der Waals surface area contributed by atoms with Crippen molar-refractivity contribution >= 4 is 11.8 Å². The number of nitrogens with zero attached hydrogens (tertiary/aromatic N) is 2. The standard InChI is InChI=1S/C20H31N3O3/c1-20(2,3)19(25)21-15-16-5-7-17(8-6-16)18(24)23-11-9-22(10-12-23)13-14-26-4/h5-8H,9-15H2,1-4H3,(H,21,25). The molecule has 0 radical (unpaired) electrons. The molecule has 0 aliphatic carbocycles. The van der Waals surface area contributed by atoms with E-state index in [1.807, 2.05) is 49.9 Å². The Balaban J connectivity index is 1.84. The maximum atomic E-state index is 12.6. The fourth-order valence-corrected chi connectivity index (χ4v) is 2.79. The van der Waals surface area contributed by atoms with Crippen LogP contribution in [0.1, 0.15) is 36.7 Å². The quantitative estimate of drug-likeness (QED) is 0.839. The number of piperazine rings is 1. The van der Waals surface area contributed by atoms with Crippen LogP contribution in [0.5, 0.6) is 0 Å². The summed E-state index contributed by atoms with van der Waals surface area (Å²) < 4.78 is 5.10. The summed E-state index contributed by atoms with van der Waals surface area (Å²) in [6.07, 6.45) is 0. The van der Waals surface area contributed by atoms with E-state index < -0.39 is 5.41 Å². The van der Waals surface area contributed by atoms with E-state index in [1.165, 1.54) is 0 Å². The molecule has 2 amide bonds. The van der Waals surface area contributed by atoms with E-state index >= 15 is 0 Å². The maximum Gasteiger partial charge on any atom is 0.253 e. The molecule has 144 valence electrons. The van der Waals surface area contributed by atoms with Gasteiger partial charge >= 0.3 is 0 Å². The van der Waals surface area contributed by atoms with Crippen molar-refractivity contribution < 1.29 is 14.3 Å². The monoisotopic (exact) mass is 361 g/mol. The van der Waals surface area contributed by atoms with Crippen LogP contribution in [-0.2, 0) is 16.1 Å². The van der Waals surface area contributed by atoms with E-state index in [1.54, 1.807) is 7.11 Å². The summed E-state index contributed by atoms with van der Waals surface area (Å²) in [6, 6.07) is 7.51. The minimum absolute atomic E-state index is 0.0176. The van der Waals surface area contributed by atoms with Gasteiger partial charge in [0, 0.05) is 57.4 Å². The first kappa shape index (κ1) is 20.4. The molecule has 1 heterocycles. The summed E-state index contributed by atoms with van der Waals surface area (Å²) in [7, 11) is 1.71. The van der Waals surface area contributed by atoms with Crippen molar-refractivity contribution in [2.24, 2.45) is 5.41 Å². The number of hydrogen-bond acceptors (Lipinski definition) is 4. The Morgan fingerprint density at radius 1 is 1.08 bits per heavy atom. The van der Waals surface area contributed by atoms with Gasteiger partial charge in [0.25, 0.3) is 5.91 Å². The number of methoxy groups -OCH3 is 1. The van der Waals surface area contributed by atoms with E-state index in [9.17, 15) is 9.59 Å². The third-order valence-corrected chi connectivity index (χ3v) is 4.61. The van der Waals surface area contributed by atoms with E-state index in [0.29, 0.717) is 12.1 Å². The van der Waals surface area contributed by atoms with Crippen LogP contribution in [0, 0.1) is 5.41 Å². The van der Waals surface area contributed by atoms with Gasteiger partial charge in [-0.05, 0) is 17.7 Å². The second-order valence-corrected chi connectivity index (χ2v) is 7.76. The van der Waals surface area contributed by atoms with Gasteiger partial charge in [-0.15, -0.1) is 0 Å². The molecule has 1 fully saturated rings. The second kappa shape index (κ2) is 9.14. The third-order valence-electron chi connectivity index (χ3n) is 4.61. The number of rotatable bonds is 6. The predicted octanol–water partition coefficient (Wildman–Crippen LogP) is 1.75. The van der Waals surface area contributed by atoms with Crippen molar-refractivity contribution in [3.8, 4) is 0 Å². The molecule has 1 aliphatic heterocycles. The van der Waals surface area contributed by atoms with Crippen LogP contribution in [0.2, 0.25) is 0 Å². The van der Waals surface area contributed by atoms with Crippen LogP contribution in [0.3, 0.4) is 0 Å². The highest BCUT2D eigenvalue weighted by Gasteiger charge is 2.22. The Morgan fingerprint density at radius 3 is 2.23 bits per heavy atom. The van der Waals surface area contributed by atoms with E-state index in [4.69, 9.17) is 4.74 Å². The lowest BCUT2D eigenvalue weighted by Gasteiger charge is -2.34. The molecule has 6 heteroatoms. The molecule has 6 nitrogen and oxygen atoms in total. The fourth-order valence-electron chi connectivity index (χ4n) is 2.79. The van der Waals surface area contributed by atoms with Gasteiger partial charge in [-0.2, -0.15) is 0 Å². The third kappa shape index (κ3) is 5.81. The first-order chi connectivity index (χ1) is 12.3. The summed E-state index contributed by atoms with van der Waals surface area (Å²) in [5.74, 6) is 0.0886. The highest BCUT2D eigenvalue weighted by Crippen LogP contribution is 2.14. The van der Waals surface area contributed by atoms with Crippen molar-refractivity contribution in [3.63, 3.8) is 0 Å². The van der Waals surface area contributed by atoms with Crippen molar-refractivity contribution in [1.82, 2.24) is 15.1 Å². The molecule has 0 bridgehead atoms. The molecule has 1 aromatic rings. The number of carbonyl (C=O) groups is 2. The van der Waals surface area contributed by atoms with Crippen LogP contribution in [-0.4, -0.2) is 68.1 Å². The van der Waals surface area contributed by atoms with Crippen LogP contribution in [0.15, 0.2) is 24.3 Å². The van der Waals surface area contributed by atoms with Crippen molar-refractivity contribution in [3.05, 3.63) is 35.4 Å². The van der Waals surface area contributed by atoms with E-state index in [2.05, 4.69) is 10.2 Å². The van der Waals surface area contributed by atoms with Gasteiger partial charge in [0.2, 0.25) is 5.91 Å². The predicted molar refractivity (Wildman–Crippen MR) is 102 cm³/mol. The number of benzene rings is 1. The Morgan fingerprint density at radius 2 is 1.69 bits per heavy atom. The van der Waals surface area contributed by atoms with Crippen molar-refractivity contribution in [2.45, 2.75) is 27.3 Å². The molecular weight excluding hydrogens is 330 g/mol. The van der Waals surface area contributed by atoms with Gasteiger partial charge in [0.1, 0.15) is 0 Å². The first-order valence-corrected chi connectivity index (χ1v) is 9.19. The normalized spacial score (nSPS) is 15.8. The zero-order valence-corrected chi connectivity index (χ0v) is 16.4. The molecule has 0 aromatic heterocycles. The highest BCUT2D eigenvalue weighted by atomic mass is 16.5. The summed E-state index contributed by atoms with van der Waals surface area (Å²) in [6.45, 7) is 11.0. The summed E-state index contributed by atoms with van der Waals surface area (Å²) in [4.78, 5) is 28.8. The first-order valence-electron chi connectivity index (χ1n) is 9.19. The molecule has 0 unspecified atom stereocenters. The zero-order chi connectivity index (χ0) is 19.2. The summed E-state index contributed by atoms with van der Waals surface area (Å²) in [5, 5.41) is 2.92. The Kier molecular flexibility index (Phi) is 7.17. The number of nitrogens with one attached hydrogen (secondary N) is 1. The molecule has 1 aliphatic rings. The van der Waals surface area contributed by atoms with Crippen molar-refractivity contribution in [2.75, 3.05) is 46.4 Å². The van der Waals surface area contributed by atoms with Crippen LogP contribution in [0.25, 0.3) is 0 Å². The highest BCUT2D eigenvalue weighted by molar-refractivity contribution is 5.94. The zero-order valence-electron chi connectivity index (χ0n) is 16.4. The van der Waals surface area contributed by atoms with E-state index in [0.717, 1.165) is 44.9 Å². The molecule has 0 spiro atoms. The molecular formula is C20H31N3O3. The van der Waals surface area contributed by atoms with Gasteiger partial charge in [0.05, 0.1) is 6.61 Å². The van der Waals surface area contributed by atoms with Gasteiger partial charge in [-0.3, -0.25) is 14.5 Å². The molecule has 1 aromatic carbocycles. The Bertz CT molecular complexity index is 600. The Labute approximate surface area is 156 Å². The molecule has 0 saturated carbocycles. The van der Waals surface area contributed by atoms with Crippen LogP contribution < -0.4 is 5.32 Å². The van der Waals surface area contributed by atoms with Crippen LogP contribution in [0.4, 0.5) is 0 Å². The van der Waals surface area contributed by atoms with Crippen molar-refractivity contribution in [1.29, 1.82) is 0 Å². The fraction of sp³-hybridized carbons (Fsp3) is 0.600. The Hall–Kier alpha value is -1.92. The second-order valence-electron chi connectivity index (χ2n) is 7.76. The SMILES string of the molecule is COCCN1CCN(C(=O)c2ccc(CNC(=O)C(C)(C)C)cc2)CC1. The largest absolute Gasteiger partial charge is 0.383 e. The number of hydrogen-bond donors (Lipinski definition) is 1. The molecule has 0 atom stereocenters. The maximum absolute atomic E-state index is 12.6. The average Bonchev–Trinajstić information content (AvgIpc) is 2.64. The number of ether oxygens (including phenoxy) is 1. The summed E-state index contributed by atoms with van der Waals surface area (Å²) >= 11 is 0. The average molecular weight is 361 g/mol. The van der Waals surface area contributed by atoms with Gasteiger partial charge < -0.3 is 15.0 Å². The lowest BCUT2D eigenvalue weighted by atomic mass is 9.95. The van der Waals surface area contributed by atoms with Gasteiger partial charge in [0.15, 0.2) is 0 Å². The topological polar surface area (TPSA) is 61.9 Å². The lowest BCUT2D eigenvalue weighted by Crippen LogP contribution is -2.49. The smallest absolute Gasteiger partial charge is 0.253 e. The number of amides is 2. The minimum Gasteiger partial charge on any atom is -0.383 e. The molecule has 1 saturated heterocycles. The summed E-state index contributed by atoms with van der Waals surface area (Å²) in [5.41, 5.74) is 1.28. The lowest BCUT2D eigenvalue weighted by molar-refractivity contribution is -0.128. The van der Waals surface area contributed by atoms with Gasteiger partial charge in [-0.25, -0.2) is 0 Å². The number of carbonyl (C=O) groups excluding carboxylic acids is 2.